The predicted octanol–water partition coefficient (Wildman–Crippen LogP) is 1.80. The predicted molar refractivity (Wildman–Crippen MR) is 58.5 cm³/mol. The number of aromatic nitrogens is 2. The summed E-state index contributed by atoms with van der Waals surface area (Å²) in [6, 6.07) is 0. The van der Waals surface area contributed by atoms with Crippen molar-refractivity contribution < 1.29 is 9.90 Å². The van der Waals surface area contributed by atoms with Gasteiger partial charge in [-0.2, -0.15) is 5.10 Å². The molecule has 1 fully saturated rings. The molecular formula is C12H16N2O2. The second kappa shape index (κ2) is 3.34. The molecule has 3 rings (SSSR count). The van der Waals surface area contributed by atoms with Crippen molar-refractivity contribution >= 4 is 5.97 Å². The number of aliphatic carboxylic acids is 1. The van der Waals surface area contributed by atoms with Crippen molar-refractivity contribution in [2.45, 2.75) is 43.9 Å². The van der Waals surface area contributed by atoms with Crippen molar-refractivity contribution in [3.8, 4) is 0 Å². The number of hydrogen-bond acceptors (Lipinski definition) is 2. The van der Waals surface area contributed by atoms with E-state index in [1.54, 1.807) is 0 Å². The van der Waals surface area contributed by atoms with Crippen LogP contribution in [-0.2, 0) is 18.3 Å². The van der Waals surface area contributed by atoms with Crippen LogP contribution in [-0.4, -0.2) is 20.9 Å². The van der Waals surface area contributed by atoms with Gasteiger partial charge in [-0.1, -0.05) is 0 Å². The Bertz CT molecular complexity index is 446. The fourth-order valence-corrected chi connectivity index (χ4v) is 2.88. The zero-order valence-corrected chi connectivity index (χ0v) is 9.44. The summed E-state index contributed by atoms with van der Waals surface area (Å²) in [7, 11) is 1.95. The molecule has 1 atom stereocenters. The highest BCUT2D eigenvalue weighted by molar-refractivity contribution is 5.77. The summed E-state index contributed by atoms with van der Waals surface area (Å²) in [4.78, 5) is 11.3. The first-order valence-electron chi connectivity index (χ1n) is 5.97. The van der Waals surface area contributed by atoms with E-state index in [2.05, 4.69) is 5.10 Å². The fraction of sp³-hybridized carbons (Fsp3) is 0.667. The molecule has 1 saturated carbocycles. The summed E-state index contributed by atoms with van der Waals surface area (Å²) in [6.07, 6.45) is 5.05. The third-order valence-corrected chi connectivity index (χ3v) is 3.72. The highest BCUT2D eigenvalue weighted by atomic mass is 16.4. The Hall–Kier alpha value is -1.32. The Balaban J connectivity index is 2.12. The number of nitrogens with zero attached hydrogens (tertiary/aromatic N) is 2. The molecule has 0 aliphatic heterocycles. The van der Waals surface area contributed by atoms with E-state index < -0.39 is 5.97 Å². The number of fused-ring (bicyclic) bond motifs is 1. The Labute approximate surface area is 94.3 Å². The minimum Gasteiger partial charge on any atom is -0.481 e. The quantitative estimate of drug-likeness (QED) is 0.826. The first-order valence-corrected chi connectivity index (χ1v) is 5.97. The van der Waals surface area contributed by atoms with Crippen molar-refractivity contribution in [1.29, 1.82) is 0 Å². The fourth-order valence-electron chi connectivity index (χ4n) is 2.88. The Morgan fingerprint density at radius 3 is 2.81 bits per heavy atom. The number of carbonyl (C=O) groups is 1. The van der Waals surface area contributed by atoms with Gasteiger partial charge in [0.15, 0.2) is 0 Å². The highest BCUT2D eigenvalue weighted by Crippen LogP contribution is 2.46. The average molecular weight is 220 g/mol. The van der Waals surface area contributed by atoms with Crippen LogP contribution < -0.4 is 0 Å². The molecule has 4 nitrogen and oxygen atoms in total. The average Bonchev–Trinajstić information content (AvgIpc) is 3.00. The van der Waals surface area contributed by atoms with Crippen LogP contribution in [0.25, 0.3) is 0 Å². The number of carboxylic acids is 1. The summed E-state index contributed by atoms with van der Waals surface area (Å²) in [5.74, 6) is -0.426. The second-order valence-corrected chi connectivity index (χ2v) is 4.93. The minimum absolute atomic E-state index is 0.312. The molecule has 16 heavy (non-hydrogen) atoms. The van der Waals surface area contributed by atoms with Crippen molar-refractivity contribution in [3.63, 3.8) is 0 Å². The summed E-state index contributed by atoms with van der Waals surface area (Å²) >= 11 is 0. The van der Waals surface area contributed by atoms with Crippen LogP contribution in [0.15, 0.2) is 0 Å². The van der Waals surface area contributed by atoms with E-state index in [-0.39, 0.29) is 5.92 Å². The topological polar surface area (TPSA) is 55.1 Å². The van der Waals surface area contributed by atoms with Crippen LogP contribution in [0.3, 0.4) is 0 Å². The van der Waals surface area contributed by atoms with Gasteiger partial charge in [-0.15, -0.1) is 0 Å². The van der Waals surface area contributed by atoms with Crippen LogP contribution >= 0.6 is 0 Å². The minimum atomic E-state index is -0.684. The molecule has 0 amide bonds. The molecule has 2 aliphatic rings. The molecule has 0 aromatic carbocycles. The number of carboxylic acid groups (broad SMARTS) is 1. The Morgan fingerprint density at radius 1 is 1.44 bits per heavy atom. The standard InChI is InChI=1S/C12H16N2O2/c1-14-11(7-5-6-7)10-8(12(15)16)3-2-4-9(10)13-14/h7-8H,2-6H2,1H3,(H,15,16). The van der Waals surface area contributed by atoms with Gasteiger partial charge in [-0.05, 0) is 32.1 Å². The summed E-state index contributed by atoms with van der Waals surface area (Å²) in [6.45, 7) is 0. The molecule has 86 valence electrons. The van der Waals surface area contributed by atoms with Crippen LogP contribution in [0.1, 0.15) is 54.5 Å². The van der Waals surface area contributed by atoms with Crippen molar-refractivity contribution in [2.24, 2.45) is 7.05 Å². The normalized spacial score (nSPS) is 24.2. The first kappa shape index (κ1) is 9.87. The molecule has 1 heterocycles. The lowest BCUT2D eigenvalue weighted by Crippen LogP contribution is -2.18. The Morgan fingerprint density at radius 2 is 2.19 bits per heavy atom. The highest BCUT2D eigenvalue weighted by Gasteiger charge is 2.38. The van der Waals surface area contributed by atoms with Gasteiger partial charge in [0.2, 0.25) is 0 Å². The third-order valence-electron chi connectivity index (χ3n) is 3.72. The van der Waals surface area contributed by atoms with Crippen LogP contribution in [0, 0.1) is 0 Å². The molecule has 1 aromatic rings. The molecule has 1 unspecified atom stereocenters. The molecule has 4 heteroatoms. The van der Waals surface area contributed by atoms with Crippen LogP contribution in [0.2, 0.25) is 0 Å². The maximum atomic E-state index is 11.3. The molecular weight excluding hydrogens is 204 g/mol. The van der Waals surface area contributed by atoms with Crippen molar-refractivity contribution in [3.05, 3.63) is 17.0 Å². The summed E-state index contributed by atoms with van der Waals surface area (Å²) in [5.41, 5.74) is 3.27. The van der Waals surface area contributed by atoms with E-state index in [0.717, 1.165) is 30.5 Å². The van der Waals surface area contributed by atoms with E-state index in [0.29, 0.717) is 5.92 Å². The number of rotatable bonds is 2. The molecule has 1 aromatic heterocycles. The van der Waals surface area contributed by atoms with Crippen LogP contribution in [0.4, 0.5) is 0 Å². The van der Waals surface area contributed by atoms with E-state index >= 15 is 0 Å². The maximum Gasteiger partial charge on any atom is 0.311 e. The van der Waals surface area contributed by atoms with E-state index in [9.17, 15) is 9.90 Å². The van der Waals surface area contributed by atoms with E-state index in [1.807, 2.05) is 11.7 Å². The largest absolute Gasteiger partial charge is 0.481 e. The van der Waals surface area contributed by atoms with Gasteiger partial charge in [-0.3, -0.25) is 9.48 Å². The molecule has 0 spiro atoms. The van der Waals surface area contributed by atoms with Gasteiger partial charge < -0.3 is 5.11 Å². The van der Waals surface area contributed by atoms with Gasteiger partial charge in [0.1, 0.15) is 0 Å². The lowest BCUT2D eigenvalue weighted by atomic mass is 9.84. The Kier molecular flexibility index (Phi) is 2.06. The number of aryl methyl sites for hydroxylation is 2. The molecule has 0 saturated heterocycles. The van der Waals surface area contributed by atoms with Gasteiger partial charge in [0, 0.05) is 24.2 Å². The monoisotopic (exact) mass is 220 g/mol. The summed E-state index contributed by atoms with van der Waals surface area (Å²) < 4.78 is 1.92. The lowest BCUT2D eigenvalue weighted by molar-refractivity contribution is -0.139. The maximum absolute atomic E-state index is 11.3. The van der Waals surface area contributed by atoms with Gasteiger partial charge in [0.05, 0.1) is 11.6 Å². The van der Waals surface area contributed by atoms with Gasteiger partial charge in [-0.25, -0.2) is 0 Å². The smallest absolute Gasteiger partial charge is 0.311 e. The lowest BCUT2D eigenvalue weighted by Gasteiger charge is -2.19. The number of hydrogen-bond donors (Lipinski definition) is 1. The van der Waals surface area contributed by atoms with Gasteiger partial charge in [0.25, 0.3) is 0 Å². The SMILES string of the molecule is Cn1nc2c(c1C1CC1)C(C(=O)O)CCC2. The third kappa shape index (κ3) is 1.36. The molecule has 0 bridgehead atoms. The molecule has 0 radical (unpaired) electrons. The summed E-state index contributed by atoms with van der Waals surface area (Å²) in [5, 5.41) is 13.8. The second-order valence-electron chi connectivity index (χ2n) is 4.93. The van der Waals surface area contributed by atoms with Crippen molar-refractivity contribution in [1.82, 2.24) is 9.78 Å². The van der Waals surface area contributed by atoms with Crippen molar-refractivity contribution in [2.75, 3.05) is 0 Å². The zero-order valence-electron chi connectivity index (χ0n) is 9.44. The van der Waals surface area contributed by atoms with E-state index in [4.69, 9.17) is 0 Å². The van der Waals surface area contributed by atoms with Crippen LogP contribution in [0.5, 0.6) is 0 Å². The zero-order chi connectivity index (χ0) is 11.3. The van der Waals surface area contributed by atoms with Gasteiger partial charge >= 0.3 is 5.97 Å². The molecule has 1 N–H and O–H groups in total. The molecule has 2 aliphatic carbocycles. The first-order chi connectivity index (χ1) is 7.68. The van der Waals surface area contributed by atoms with E-state index in [1.165, 1.54) is 18.5 Å².